The van der Waals surface area contributed by atoms with Gasteiger partial charge in [0.1, 0.15) is 11.2 Å². The van der Waals surface area contributed by atoms with Crippen molar-refractivity contribution in [2.45, 2.75) is 51.7 Å². The number of hydrogen-bond acceptors (Lipinski definition) is 2. The first-order valence-corrected chi connectivity index (χ1v) is 5.89. The van der Waals surface area contributed by atoms with Gasteiger partial charge in [-0.2, -0.15) is 0 Å². The summed E-state index contributed by atoms with van der Waals surface area (Å²) < 4.78 is 12.0. The Bertz CT molecular complexity index is 415. The quantitative estimate of drug-likeness (QED) is 0.666. The average Bonchev–Trinajstić information content (AvgIpc) is 2.58. The lowest BCUT2D eigenvalue weighted by Crippen LogP contribution is -2.26. The summed E-state index contributed by atoms with van der Waals surface area (Å²) in [7, 11) is 0. The minimum atomic E-state index is -0.0897. The molecule has 0 radical (unpaired) electrons. The second-order valence-corrected chi connectivity index (χ2v) is 6.12. The standard InChI is InChI=1S/C14H18O2/c1-13(2)7-9-5-6-10-8-14(3,4)16-12(10)11(9)15-13/h5-6H,7-8H2,1-4H3. The largest absolute Gasteiger partial charge is 0.483 e. The lowest BCUT2D eigenvalue weighted by atomic mass is 9.98. The van der Waals surface area contributed by atoms with Crippen LogP contribution in [-0.2, 0) is 12.8 Å². The second-order valence-electron chi connectivity index (χ2n) is 6.12. The predicted molar refractivity (Wildman–Crippen MR) is 63.3 cm³/mol. The Hall–Kier alpha value is -1.18. The molecule has 16 heavy (non-hydrogen) atoms. The molecule has 0 bridgehead atoms. The summed E-state index contributed by atoms with van der Waals surface area (Å²) in [6, 6.07) is 4.38. The number of rotatable bonds is 0. The first-order chi connectivity index (χ1) is 7.36. The van der Waals surface area contributed by atoms with Gasteiger partial charge in [0.15, 0.2) is 11.5 Å². The van der Waals surface area contributed by atoms with Gasteiger partial charge in [0.2, 0.25) is 0 Å². The van der Waals surface area contributed by atoms with Gasteiger partial charge in [0, 0.05) is 24.0 Å². The van der Waals surface area contributed by atoms with Crippen LogP contribution < -0.4 is 9.47 Å². The molecule has 0 unspecified atom stereocenters. The Kier molecular flexibility index (Phi) is 1.71. The zero-order chi connectivity index (χ0) is 11.6. The topological polar surface area (TPSA) is 18.5 Å². The summed E-state index contributed by atoms with van der Waals surface area (Å²) in [5, 5.41) is 0. The van der Waals surface area contributed by atoms with Crippen LogP contribution in [0.3, 0.4) is 0 Å². The summed E-state index contributed by atoms with van der Waals surface area (Å²) in [5.74, 6) is 1.96. The van der Waals surface area contributed by atoms with Crippen LogP contribution in [0.25, 0.3) is 0 Å². The van der Waals surface area contributed by atoms with Crippen molar-refractivity contribution < 1.29 is 9.47 Å². The van der Waals surface area contributed by atoms with Crippen LogP contribution in [0.15, 0.2) is 12.1 Å². The fraction of sp³-hybridized carbons (Fsp3) is 0.571. The molecule has 1 aromatic rings. The molecule has 2 nitrogen and oxygen atoms in total. The van der Waals surface area contributed by atoms with Gasteiger partial charge in [-0.1, -0.05) is 12.1 Å². The number of benzene rings is 1. The molecule has 1 aromatic carbocycles. The van der Waals surface area contributed by atoms with Crippen molar-refractivity contribution in [2.75, 3.05) is 0 Å². The van der Waals surface area contributed by atoms with E-state index in [2.05, 4.69) is 39.8 Å². The molecule has 2 heteroatoms. The molecule has 3 rings (SSSR count). The van der Waals surface area contributed by atoms with Crippen molar-refractivity contribution >= 4 is 0 Å². The molecule has 0 fully saturated rings. The van der Waals surface area contributed by atoms with Crippen LogP contribution in [-0.4, -0.2) is 11.2 Å². The number of fused-ring (bicyclic) bond motifs is 3. The third-order valence-corrected chi connectivity index (χ3v) is 3.26. The fourth-order valence-electron chi connectivity index (χ4n) is 2.69. The van der Waals surface area contributed by atoms with E-state index < -0.39 is 0 Å². The number of hydrogen-bond donors (Lipinski definition) is 0. The predicted octanol–water partition coefficient (Wildman–Crippen LogP) is 3.11. The van der Waals surface area contributed by atoms with Gasteiger partial charge in [-0.05, 0) is 27.7 Å². The Morgan fingerprint density at radius 1 is 0.812 bits per heavy atom. The smallest absolute Gasteiger partial charge is 0.165 e. The molecule has 86 valence electrons. The van der Waals surface area contributed by atoms with Gasteiger partial charge in [0.25, 0.3) is 0 Å². The first kappa shape index (κ1) is 10.0. The van der Waals surface area contributed by atoms with Crippen molar-refractivity contribution in [3.8, 4) is 11.5 Å². The molecule has 2 heterocycles. The average molecular weight is 218 g/mol. The Labute approximate surface area is 96.6 Å². The van der Waals surface area contributed by atoms with E-state index in [9.17, 15) is 0 Å². The Morgan fingerprint density at radius 3 is 1.56 bits per heavy atom. The normalized spacial score (nSPS) is 23.2. The SMILES string of the molecule is CC1(C)Cc2ccc3c(c2O1)OC(C)(C)C3. The molecule has 0 amide bonds. The van der Waals surface area contributed by atoms with Crippen LogP contribution in [0.5, 0.6) is 11.5 Å². The van der Waals surface area contributed by atoms with E-state index in [0.717, 1.165) is 24.3 Å². The van der Waals surface area contributed by atoms with E-state index in [1.54, 1.807) is 0 Å². The molecule has 2 aliphatic rings. The van der Waals surface area contributed by atoms with Gasteiger partial charge < -0.3 is 9.47 Å². The van der Waals surface area contributed by atoms with Crippen LogP contribution in [0.4, 0.5) is 0 Å². The highest BCUT2D eigenvalue weighted by molar-refractivity contribution is 5.57. The fourth-order valence-corrected chi connectivity index (χ4v) is 2.69. The highest BCUT2D eigenvalue weighted by Gasteiger charge is 2.39. The zero-order valence-corrected chi connectivity index (χ0v) is 10.4. The highest BCUT2D eigenvalue weighted by Crippen LogP contribution is 2.48. The summed E-state index contributed by atoms with van der Waals surface area (Å²) in [4.78, 5) is 0. The van der Waals surface area contributed by atoms with Crippen LogP contribution in [0.2, 0.25) is 0 Å². The van der Waals surface area contributed by atoms with Gasteiger partial charge >= 0.3 is 0 Å². The summed E-state index contributed by atoms with van der Waals surface area (Å²) in [6.07, 6.45) is 1.94. The summed E-state index contributed by atoms with van der Waals surface area (Å²) in [6.45, 7) is 8.50. The molecular weight excluding hydrogens is 200 g/mol. The van der Waals surface area contributed by atoms with E-state index in [-0.39, 0.29) is 11.2 Å². The van der Waals surface area contributed by atoms with Crippen molar-refractivity contribution in [3.05, 3.63) is 23.3 Å². The molecule has 0 N–H and O–H groups in total. The number of ether oxygens (including phenoxy) is 2. The second kappa shape index (κ2) is 2.73. The van der Waals surface area contributed by atoms with Crippen molar-refractivity contribution in [3.63, 3.8) is 0 Å². The maximum absolute atomic E-state index is 6.01. The maximum atomic E-state index is 6.01. The molecule has 0 saturated carbocycles. The van der Waals surface area contributed by atoms with Gasteiger partial charge in [-0.15, -0.1) is 0 Å². The molecule has 0 aromatic heterocycles. The monoisotopic (exact) mass is 218 g/mol. The summed E-state index contributed by atoms with van der Waals surface area (Å²) in [5.41, 5.74) is 2.38. The van der Waals surface area contributed by atoms with Crippen molar-refractivity contribution in [1.29, 1.82) is 0 Å². The lowest BCUT2D eigenvalue weighted by molar-refractivity contribution is 0.109. The van der Waals surface area contributed by atoms with Gasteiger partial charge in [0.05, 0.1) is 0 Å². The van der Waals surface area contributed by atoms with Gasteiger partial charge in [-0.3, -0.25) is 0 Å². The van der Waals surface area contributed by atoms with Crippen LogP contribution in [0, 0.1) is 0 Å². The van der Waals surface area contributed by atoms with E-state index >= 15 is 0 Å². The van der Waals surface area contributed by atoms with Crippen LogP contribution >= 0.6 is 0 Å². The molecule has 0 aliphatic carbocycles. The van der Waals surface area contributed by atoms with E-state index in [0.29, 0.717) is 0 Å². The highest BCUT2D eigenvalue weighted by atomic mass is 16.5. The maximum Gasteiger partial charge on any atom is 0.165 e. The molecule has 0 atom stereocenters. The Morgan fingerprint density at radius 2 is 1.19 bits per heavy atom. The van der Waals surface area contributed by atoms with E-state index in [4.69, 9.17) is 9.47 Å². The molecule has 2 aliphatic heterocycles. The third-order valence-electron chi connectivity index (χ3n) is 3.26. The minimum absolute atomic E-state index is 0.0897. The molecular formula is C14H18O2. The third kappa shape index (κ3) is 1.40. The lowest BCUT2D eigenvalue weighted by Gasteiger charge is -2.20. The molecule has 0 saturated heterocycles. The Balaban J connectivity index is 2.09. The van der Waals surface area contributed by atoms with Crippen molar-refractivity contribution in [1.82, 2.24) is 0 Å². The molecule has 0 spiro atoms. The summed E-state index contributed by atoms with van der Waals surface area (Å²) >= 11 is 0. The zero-order valence-electron chi connectivity index (χ0n) is 10.4. The minimum Gasteiger partial charge on any atom is -0.483 e. The van der Waals surface area contributed by atoms with E-state index in [1.165, 1.54) is 11.1 Å². The first-order valence-electron chi connectivity index (χ1n) is 5.89. The van der Waals surface area contributed by atoms with Crippen LogP contribution in [0.1, 0.15) is 38.8 Å². The van der Waals surface area contributed by atoms with E-state index in [1.807, 2.05) is 0 Å². The van der Waals surface area contributed by atoms with Gasteiger partial charge in [-0.25, -0.2) is 0 Å². The van der Waals surface area contributed by atoms with Crippen molar-refractivity contribution in [2.24, 2.45) is 0 Å².